The first-order valence-corrected chi connectivity index (χ1v) is 5.18. The molecule has 0 saturated carbocycles. The Morgan fingerprint density at radius 1 is 1.31 bits per heavy atom. The molecule has 1 fully saturated rings. The quantitative estimate of drug-likeness (QED) is 0.815. The number of hydrogen-bond donors (Lipinski definition) is 1. The second kappa shape index (κ2) is 4.37. The molecule has 4 heteroatoms. The van der Waals surface area contributed by atoms with E-state index >= 15 is 0 Å². The maximum Gasteiger partial charge on any atom is 0.336 e. The highest BCUT2D eigenvalue weighted by molar-refractivity contribution is 5.81. The van der Waals surface area contributed by atoms with Crippen molar-refractivity contribution in [3.63, 3.8) is 0 Å². The van der Waals surface area contributed by atoms with E-state index in [2.05, 4.69) is 5.32 Å². The zero-order valence-electron chi connectivity index (χ0n) is 9.47. The molecule has 0 aliphatic carbocycles. The van der Waals surface area contributed by atoms with E-state index in [0.717, 1.165) is 11.3 Å². The highest BCUT2D eigenvalue weighted by Gasteiger charge is 2.25. The van der Waals surface area contributed by atoms with Crippen molar-refractivity contribution in [2.75, 3.05) is 20.6 Å². The van der Waals surface area contributed by atoms with Gasteiger partial charge in [0.2, 0.25) is 0 Å². The van der Waals surface area contributed by atoms with Gasteiger partial charge < -0.3 is 5.32 Å². The molecule has 0 spiro atoms. The van der Waals surface area contributed by atoms with E-state index < -0.39 is 0 Å². The van der Waals surface area contributed by atoms with Crippen LogP contribution in [0.3, 0.4) is 0 Å². The summed E-state index contributed by atoms with van der Waals surface area (Å²) < 4.78 is 0. The lowest BCUT2D eigenvalue weighted by molar-refractivity contribution is 0.0887. The van der Waals surface area contributed by atoms with Gasteiger partial charge in [0.15, 0.2) is 0 Å². The number of amides is 2. The SMILES string of the molecule is CN(C)N1CC(=Cc2ccccc2)NC1=O. The first-order valence-electron chi connectivity index (χ1n) is 5.18. The molecule has 1 saturated heterocycles. The number of nitrogens with one attached hydrogen (secondary N) is 1. The first kappa shape index (κ1) is 10.7. The number of rotatable bonds is 2. The molecule has 4 nitrogen and oxygen atoms in total. The number of urea groups is 1. The second-order valence-corrected chi connectivity index (χ2v) is 3.92. The fourth-order valence-corrected chi connectivity index (χ4v) is 1.63. The number of carbonyl (C=O) groups excluding carboxylic acids is 1. The summed E-state index contributed by atoms with van der Waals surface area (Å²) in [6.07, 6.45) is 1.99. The zero-order chi connectivity index (χ0) is 11.5. The van der Waals surface area contributed by atoms with Crippen LogP contribution in [0.5, 0.6) is 0 Å². The Balaban J connectivity index is 2.14. The summed E-state index contributed by atoms with van der Waals surface area (Å²) in [7, 11) is 3.70. The summed E-state index contributed by atoms with van der Waals surface area (Å²) in [5.41, 5.74) is 2.02. The molecular weight excluding hydrogens is 202 g/mol. The van der Waals surface area contributed by atoms with Gasteiger partial charge in [0, 0.05) is 19.8 Å². The fraction of sp³-hybridized carbons (Fsp3) is 0.250. The Bertz CT molecular complexity index is 412. The van der Waals surface area contributed by atoms with Crippen molar-refractivity contribution in [3.05, 3.63) is 41.6 Å². The molecule has 1 aliphatic rings. The van der Waals surface area contributed by atoms with Crippen molar-refractivity contribution in [2.24, 2.45) is 0 Å². The Labute approximate surface area is 95.1 Å². The molecule has 1 N–H and O–H groups in total. The highest BCUT2D eigenvalue weighted by atomic mass is 16.2. The van der Waals surface area contributed by atoms with Crippen LogP contribution in [-0.2, 0) is 0 Å². The number of hydrogen-bond acceptors (Lipinski definition) is 2. The van der Waals surface area contributed by atoms with Crippen molar-refractivity contribution >= 4 is 12.1 Å². The van der Waals surface area contributed by atoms with Gasteiger partial charge in [-0.05, 0) is 11.6 Å². The number of benzene rings is 1. The van der Waals surface area contributed by atoms with Crippen LogP contribution in [-0.4, -0.2) is 36.7 Å². The molecular formula is C12H15N3O. The lowest BCUT2D eigenvalue weighted by Gasteiger charge is -2.21. The number of nitrogens with zero attached hydrogens (tertiary/aromatic N) is 2. The topological polar surface area (TPSA) is 35.6 Å². The van der Waals surface area contributed by atoms with Gasteiger partial charge in [-0.15, -0.1) is 0 Å². The average molecular weight is 217 g/mol. The van der Waals surface area contributed by atoms with Crippen LogP contribution < -0.4 is 5.32 Å². The molecule has 2 rings (SSSR count). The Morgan fingerprint density at radius 2 is 2.00 bits per heavy atom. The van der Waals surface area contributed by atoms with Crippen LogP contribution >= 0.6 is 0 Å². The van der Waals surface area contributed by atoms with Crippen molar-refractivity contribution in [1.82, 2.24) is 15.3 Å². The predicted octanol–water partition coefficient (Wildman–Crippen LogP) is 1.53. The summed E-state index contributed by atoms with van der Waals surface area (Å²) in [6, 6.07) is 9.88. The second-order valence-electron chi connectivity index (χ2n) is 3.92. The molecule has 1 aromatic rings. The smallest absolute Gasteiger partial charge is 0.309 e. The van der Waals surface area contributed by atoms with Crippen LogP contribution in [0, 0.1) is 0 Å². The summed E-state index contributed by atoms with van der Waals surface area (Å²) in [5, 5.41) is 6.27. The molecule has 1 aliphatic heterocycles. The van der Waals surface area contributed by atoms with Crippen LogP contribution in [0.25, 0.3) is 6.08 Å². The van der Waals surface area contributed by atoms with Gasteiger partial charge >= 0.3 is 6.03 Å². The minimum absolute atomic E-state index is 0.0767. The van der Waals surface area contributed by atoms with Gasteiger partial charge in [-0.25, -0.2) is 9.80 Å². The van der Waals surface area contributed by atoms with E-state index in [1.54, 1.807) is 10.0 Å². The van der Waals surface area contributed by atoms with Gasteiger partial charge in [-0.1, -0.05) is 30.3 Å². The maximum atomic E-state index is 11.5. The molecule has 1 aromatic carbocycles. The molecule has 0 aromatic heterocycles. The Hall–Kier alpha value is -1.81. The van der Waals surface area contributed by atoms with Crippen molar-refractivity contribution in [1.29, 1.82) is 0 Å². The van der Waals surface area contributed by atoms with Gasteiger partial charge in [0.05, 0.1) is 6.54 Å². The highest BCUT2D eigenvalue weighted by Crippen LogP contribution is 2.12. The molecule has 84 valence electrons. The van der Waals surface area contributed by atoms with Gasteiger partial charge in [-0.3, -0.25) is 5.01 Å². The molecule has 0 unspecified atom stereocenters. The maximum absolute atomic E-state index is 11.5. The van der Waals surface area contributed by atoms with E-state index in [1.807, 2.05) is 50.5 Å². The third-order valence-corrected chi connectivity index (χ3v) is 2.45. The van der Waals surface area contributed by atoms with E-state index in [-0.39, 0.29) is 6.03 Å². The Kier molecular flexibility index (Phi) is 2.92. The third-order valence-electron chi connectivity index (χ3n) is 2.45. The van der Waals surface area contributed by atoms with E-state index in [9.17, 15) is 4.79 Å². The molecule has 0 radical (unpaired) electrons. The summed E-state index contributed by atoms with van der Waals surface area (Å²) >= 11 is 0. The standard InChI is InChI=1S/C12H15N3O/c1-14(2)15-9-11(13-12(15)16)8-10-6-4-3-5-7-10/h3-8H,9H2,1-2H3,(H,13,16). The molecule has 16 heavy (non-hydrogen) atoms. The van der Waals surface area contributed by atoms with Crippen LogP contribution in [0.1, 0.15) is 5.56 Å². The van der Waals surface area contributed by atoms with Crippen molar-refractivity contribution < 1.29 is 4.79 Å². The molecule has 0 bridgehead atoms. The fourth-order valence-electron chi connectivity index (χ4n) is 1.63. The number of carbonyl (C=O) groups is 1. The lowest BCUT2D eigenvalue weighted by atomic mass is 10.2. The van der Waals surface area contributed by atoms with Crippen LogP contribution in [0.2, 0.25) is 0 Å². The lowest BCUT2D eigenvalue weighted by Crippen LogP contribution is -2.39. The van der Waals surface area contributed by atoms with Crippen LogP contribution in [0.15, 0.2) is 36.0 Å². The third kappa shape index (κ3) is 2.23. The minimum Gasteiger partial charge on any atom is -0.309 e. The summed E-state index contributed by atoms with van der Waals surface area (Å²) in [4.78, 5) is 11.5. The molecule has 0 atom stereocenters. The van der Waals surface area contributed by atoms with E-state index in [4.69, 9.17) is 0 Å². The normalized spacial score (nSPS) is 18.3. The van der Waals surface area contributed by atoms with Crippen LogP contribution in [0.4, 0.5) is 4.79 Å². The Morgan fingerprint density at radius 3 is 2.56 bits per heavy atom. The van der Waals surface area contributed by atoms with Gasteiger partial charge in [-0.2, -0.15) is 0 Å². The summed E-state index contributed by atoms with van der Waals surface area (Å²) in [5.74, 6) is 0. The van der Waals surface area contributed by atoms with Gasteiger partial charge in [0.1, 0.15) is 0 Å². The zero-order valence-corrected chi connectivity index (χ0v) is 9.47. The van der Waals surface area contributed by atoms with E-state index in [0.29, 0.717) is 6.54 Å². The predicted molar refractivity (Wildman–Crippen MR) is 63.3 cm³/mol. The molecule has 1 heterocycles. The first-order chi connectivity index (χ1) is 7.66. The summed E-state index contributed by atoms with van der Waals surface area (Å²) in [6.45, 7) is 0.598. The minimum atomic E-state index is -0.0767. The monoisotopic (exact) mass is 217 g/mol. The number of hydrazine groups is 1. The average Bonchev–Trinajstić information content (AvgIpc) is 2.61. The molecule has 2 amide bonds. The largest absolute Gasteiger partial charge is 0.336 e. The van der Waals surface area contributed by atoms with Crippen molar-refractivity contribution in [2.45, 2.75) is 0 Å². The van der Waals surface area contributed by atoms with E-state index in [1.165, 1.54) is 0 Å². The van der Waals surface area contributed by atoms with Gasteiger partial charge in [0.25, 0.3) is 0 Å². The van der Waals surface area contributed by atoms with Crippen molar-refractivity contribution in [3.8, 4) is 0 Å².